The zero-order valence-corrected chi connectivity index (χ0v) is 11.1. The summed E-state index contributed by atoms with van der Waals surface area (Å²) in [4.78, 5) is 0. The van der Waals surface area contributed by atoms with Crippen LogP contribution in [0.3, 0.4) is 0 Å². The number of phenols is 2. The molecule has 19 heavy (non-hydrogen) atoms. The molecule has 0 atom stereocenters. The van der Waals surface area contributed by atoms with Crippen LogP contribution in [0.1, 0.15) is 0 Å². The molecule has 0 bridgehead atoms. The average molecular weight is 299 g/mol. The summed E-state index contributed by atoms with van der Waals surface area (Å²) in [5.41, 5.74) is 0. The highest BCUT2D eigenvalue weighted by atomic mass is 35.5. The van der Waals surface area contributed by atoms with Gasteiger partial charge in [0.05, 0.1) is 0 Å². The quantitative estimate of drug-likeness (QED) is 0.852. The van der Waals surface area contributed by atoms with E-state index >= 15 is 0 Å². The fourth-order valence-corrected chi connectivity index (χ4v) is 1.71. The van der Waals surface area contributed by atoms with Crippen molar-refractivity contribution >= 4 is 30.9 Å². The van der Waals surface area contributed by atoms with E-state index in [2.05, 4.69) is 0 Å². The van der Waals surface area contributed by atoms with Crippen molar-refractivity contribution < 1.29 is 19.5 Å². The number of phenolic OH excluding ortho intramolecular Hbond substituents is 2. The van der Waals surface area contributed by atoms with E-state index in [-0.39, 0.29) is 30.7 Å². The van der Waals surface area contributed by atoms with Crippen molar-refractivity contribution in [2.75, 3.05) is 0 Å². The molecule has 0 aromatic heterocycles. The number of hydrogen-bond acceptors (Lipinski definition) is 4. The molecule has 98 valence electrons. The van der Waals surface area contributed by atoms with Crippen molar-refractivity contribution in [2.24, 2.45) is 0 Å². The predicted octanol–water partition coefficient (Wildman–Crippen LogP) is 3.13. The number of aromatic hydroxyl groups is 2. The molecule has 2 N–H and O–H groups in total. The highest BCUT2D eigenvalue weighted by Crippen LogP contribution is 2.30. The van der Waals surface area contributed by atoms with Crippen LogP contribution in [0.2, 0.25) is 10.0 Å². The Balaban J connectivity index is 1.96. The third kappa shape index (κ3) is 3.62. The number of benzene rings is 2. The Labute approximate surface area is 120 Å². The number of halogens is 2. The Hall–Kier alpha value is -1.72. The summed E-state index contributed by atoms with van der Waals surface area (Å²) in [5.74, 6) is 0.295. The molecule has 2 aromatic carbocycles. The van der Waals surface area contributed by atoms with Crippen molar-refractivity contribution in [3.63, 3.8) is 0 Å². The lowest BCUT2D eigenvalue weighted by atomic mass is 10.2. The molecule has 0 radical (unpaired) electrons. The van der Waals surface area contributed by atoms with Gasteiger partial charge in [0.1, 0.15) is 11.5 Å². The minimum absolute atomic E-state index is 0.0866. The summed E-state index contributed by atoms with van der Waals surface area (Å²) in [7, 11) is -0.176. The predicted molar refractivity (Wildman–Crippen MR) is 74.6 cm³/mol. The van der Waals surface area contributed by atoms with Gasteiger partial charge in [-0.3, -0.25) is 0 Å². The molecular weight excluding hydrogens is 290 g/mol. The van der Waals surface area contributed by atoms with Crippen molar-refractivity contribution in [1.29, 1.82) is 0 Å². The van der Waals surface area contributed by atoms with E-state index < -0.39 is 0 Å². The van der Waals surface area contributed by atoms with E-state index in [1.54, 1.807) is 12.1 Å². The maximum Gasteiger partial charge on any atom is 0.576 e. The van der Waals surface area contributed by atoms with E-state index in [0.29, 0.717) is 10.0 Å². The normalized spacial score (nSPS) is 10.0. The Kier molecular flexibility index (Phi) is 4.29. The van der Waals surface area contributed by atoms with Gasteiger partial charge in [0.25, 0.3) is 0 Å². The molecule has 0 saturated heterocycles. The van der Waals surface area contributed by atoms with Gasteiger partial charge in [-0.2, -0.15) is 0 Å². The van der Waals surface area contributed by atoms with Crippen LogP contribution in [0.15, 0.2) is 36.4 Å². The third-order valence-corrected chi connectivity index (χ3v) is 2.74. The maximum atomic E-state index is 9.55. The highest BCUT2D eigenvalue weighted by Gasteiger charge is 2.08. The second kappa shape index (κ2) is 5.95. The largest absolute Gasteiger partial charge is 0.576 e. The van der Waals surface area contributed by atoms with Crippen molar-refractivity contribution in [3.8, 4) is 23.0 Å². The molecular formula is C12H9BCl2O4. The first kappa shape index (κ1) is 13.7. The minimum Gasteiger partial charge on any atom is -0.526 e. The summed E-state index contributed by atoms with van der Waals surface area (Å²) in [6.45, 7) is 0. The molecule has 7 heteroatoms. The van der Waals surface area contributed by atoms with Crippen LogP contribution in [0.5, 0.6) is 23.0 Å². The first-order valence-electron chi connectivity index (χ1n) is 5.29. The Morgan fingerprint density at radius 3 is 1.58 bits per heavy atom. The van der Waals surface area contributed by atoms with Gasteiger partial charge in [0.15, 0.2) is 11.5 Å². The molecule has 2 rings (SSSR count). The molecule has 0 unspecified atom stereocenters. The maximum absolute atomic E-state index is 9.55. The number of hydrogen-bond donors (Lipinski definition) is 2. The Bertz CT molecular complexity index is 540. The minimum atomic E-state index is -0.176. The van der Waals surface area contributed by atoms with Crippen LogP contribution in [0.4, 0.5) is 0 Å². The third-order valence-electron chi connectivity index (χ3n) is 2.27. The first-order chi connectivity index (χ1) is 9.06. The summed E-state index contributed by atoms with van der Waals surface area (Å²) >= 11 is 11.4. The monoisotopic (exact) mass is 298 g/mol. The van der Waals surface area contributed by atoms with E-state index in [9.17, 15) is 10.2 Å². The lowest BCUT2D eigenvalue weighted by Crippen LogP contribution is -2.11. The molecule has 0 heterocycles. The SMILES string of the molecule is Oc1cc(Cl)ccc1OBOc1ccc(Cl)cc1O. The second-order valence-electron chi connectivity index (χ2n) is 3.63. The van der Waals surface area contributed by atoms with Gasteiger partial charge in [-0.25, -0.2) is 0 Å². The lowest BCUT2D eigenvalue weighted by molar-refractivity contribution is 0.397. The van der Waals surface area contributed by atoms with Crippen molar-refractivity contribution in [3.05, 3.63) is 46.4 Å². The lowest BCUT2D eigenvalue weighted by Gasteiger charge is -2.10. The number of rotatable bonds is 4. The highest BCUT2D eigenvalue weighted by molar-refractivity contribution is 6.31. The van der Waals surface area contributed by atoms with Crippen LogP contribution in [0, 0.1) is 0 Å². The molecule has 0 fully saturated rings. The topological polar surface area (TPSA) is 58.9 Å². The molecule has 0 saturated carbocycles. The van der Waals surface area contributed by atoms with Gasteiger partial charge in [0.2, 0.25) is 0 Å². The van der Waals surface area contributed by atoms with Gasteiger partial charge in [-0.05, 0) is 24.3 Å². The molecule has 0 aliphatic heterocycles. The van der Waals surface area contributed by atoms with Gasteiger partial charge < -0.3 is 19.5 Å². The Morgan fingerprint density at radius 1 is 0.789 bits per heavy atom. The average Bonchev–Trinajstić information content (AvgIpc) is 2.34. The van der Waals surface area contributed by atoms with Crippen LogP contribution in [-0.2, 0) is 0 Å². The fraction of sp³-hybridized carbons (Fsp3) is 0. The fourth-order valence-electron chi connectivity index (χ4n) is 1.38. The molecule has 0 amide bonds. The van der Waals surface area contributed by atoms with Gasteiger partial charge >= 0.3 is 7.69 Å². The molecule has 0 aliphatic rings. The van der Waals surface area contributed by atoms with Gasteiger partial charge in [0, 0.05) is 22.2 Å². The summed E-state index contributed by atoms with van der Waals surface area (Å²) in [6.07, 6.45) is 0. The molecule has 4 nitrogen and oxygen atoms in total. The van der Waals surface area contributed by atoms with Crippen LogP contribution in [0.25, 0.3) is 0 Å². The zero-order chi connectivity index (χ0) is 13.8. The van der Waals surface area contributed by atoms with Crippen LogP contribution in [-0.4, -0.2) is 17.9 Å². The van der Waals surface area contributed by atoms with Crippen LogP contribution >= 0.6 is 23.2 Å². The standard InChI is InChI=1S/C12H9BCl2O4/c14-7-1-3-11(9(16)5-7)18-13-19-12-4-2-8(15)6-10(12)17/h1-6,13,16-17H. The second-order valence-corrected chi connectivity index (χ2v) is 4.50. The van der Waals surface area contributed by atoms with Crippen LogP contribution < -0.4 is 9.31 Å². The van der Waals surface area contributed by atoms with E-state index in [1.807, 2.05) is 0 Å². The van der Waals surface area contributed by atoms with E-state index in [4.69, 9.17) is 32.5 Å². The summed E-state index contributed by atoms with van der Waals surface area (Å²) in [5, 5.41) is 19.9. The smallest absolute Gasteiger partial charge is 0.526 e. The molecule has 0 spiro atoms. The van der Waals surface area contributed by atoms with E-state index in [1.165, 1.54) is 24.3 Å². The zero-order valence-electron chi connectivity index (χ0n) is 9.64. The van der Waals surface area contributed by atoms with Crippen molar-refractivity contribution in [1.82, 2.24) is 0 Å². The molecule has 2 aromatic rings. The van der Waals surface area contributed by atoms with Gasteiger partial charge in [-0.1, -0.05) is 23.2 Å². The Morgan fingerprint density at radius 2 is 1.21 bits per heavy atom. The molecule has 0 aliphatic carbocycles. The summed E-state index contributed by atoms with van der Waals surface area (Å²) < 4.78 is 10.4. The van der Waals surface area contributed by atoms with Crippen molar-refractivity contribution in [2.45, 2.75) is 0 Å². The van der Waals surface area contributed by atoms with Gasteiger partial charge in [-0.15, -0.1) is 0 Å². The first-order valence-corrected chi connectivity index (χ1v) is 6.04. The van der Waals surface area contributed by atoms with E-state index in [0.717, 1.165) is 0 Å². The summed E-state index contributed by atoms with van der Waals surface area (Å²) in [6, 6.07) is 8.91.